The van der Waals surface area contributed by atoms with E-state index in [1.807, 2.05) is 6.07 Å². The highest BCUT2D eigenvalue weighted by molar-refractivity contribution is 5.54. The molecule has 0 bridgehead atoms. The lowest BCUT2D eigenvalue weighted by Gasteiger charge is -2.09. The van der Waals surface area contributed by atoms with Crippen LogP contribution in [0.1, 0.15) is 12.5 Å². The van der Waals surface area contributed by atoms with Crippen LogP contribution in [-0.4, -0.2) is 35.8 Å². The Balaban J connectivity index is 2.43. The van der Waals surface area contributed by atoms with Crippen molar-refractivity contribution in [3.8, 4) is 0 Å². The van der Waals surface area contributed by atoms with E-state index in [1.54, 1.807) is 19.9 Å². The molecule has 1 aromatic rings. The summed E-state index contributed by atoms with van der Waals surface area (Å²) in [6, 6.07) is 5.07. The highest BCUT2D eigenvalue weighted by Crippen LogP contribution is 2.21. The molecule has 0 aliphatic heterocycles. The highest BCUT2D eigenvalue weighted by atomic mass is 16.6. The largest absolute Gasteiger partial charge is 0.392 e. The third-order valence-corrected chi connectivity index (χ3v) is 2.48. The molecule has 18 heavy (non-hydrogen) atoms. The molecule has 1 unspecified atom stereocenters. The number of nitrogens with zero attached hydrogens (tertiary/aromatic N) is 1. The summed E-state index contributed by atoms with van der Waals surface area (Å²) in [5.74, 6) is 0. The first-order valence-electron chi connectivity index (χ1n) is 5.88. The third kappa shape index (κ3) is 4.68. The molecular weight excluding hydrogens is 234 g/mol. The van der Waals surface area contributed by atoms with Crippen LogP contribution >= 0.6 is 0 Å². The van der Waals surface area contributed by atoms with Gasteiger partial charge in [0, 0.05) is 37.0 Å². The van der Waals surface area contributed by atoms with Crippen LogP contribution in [-0.2, 0) is 0 Å². The van der Waals surface area contributed by atoms with Gasteiger partial charge < -0.3 is 15.7 Å². The zero-order chi connectivity index (χ0) is 13.5. The average Bonchev–Trinajstić information content (AvgIpc) is 2.30. The number of nitro benzene ring substituents is 1. The number of aryl methyl sites for hydroxylation is 1. The van der Waals surface area contributed by atoms with Gasteiger partial charge in [0.25, 0.3) is 5.69 Å². The second kappa shape index (κ2) is 6.93. The zero-order valence-electron chi connectivity index (χ0n) is 10.6. The van der Waals surface area contributed by atoms with Gasteiger partial charge in [0.2, 0.25) is 0 Å². The number of benzene rings is 1. The van der Waals surface area contributed by atoms with Crippen LogP contribution in [0.25, 0.3) is 0 Å². The van der Waals surface area contributed by atoms with Crippen LogP contribution in [0.5, 0.6) is 0 Å². The molecule has 0 spiro atoms. The molecule has 0 radical (unpaired) electrons. The number of aliphatic hydroxyl groups is 1. The van der Waals surface area contributed by atoms with Crippen LogP contribution < -0.4 is 10.6 Å². The summed E-state index contributed by atoms with van der Waals surface area (Å²) in [7, 11) is 0. The van der Waals surface area contributed by atoms with Crippen LogP contribution in [0.4, 0.5) is 11.4 Å². The quantitative estimate of drug-likeness (QED) is 0.387. The molecule has 3 N–H and O–H groups in total. The van der Waals surface area contributed by atoms with Crippen molar-refractivity contribution in [3.05, 3.63) is 33.9 Å². The van der Waals surface area contributed by atoms with E-state index >= 15 is 0 Å². The van der Waals surface area contributed by atoms with Crippen molar-refractivity contribution < 1.29 is 10.0 Å². The molecule has 0 aliphatic carbocycles. The fourth-order valence-corrected chi connectivity index (χ4v) is 1.52. The van der Waals surface area contributed by atoms with Gasteiger partial charge in [-0.25, -0.2) is 0 Å². The minimum Gasteiger partial charge on any atom is -0.392 e. The first-order valence-corrected chi connectivity index (χ1v) is 5.88. The van der Waals surface area contributed by atoms with Crippen molar-refractivity contribution in [2.75, 3.05) is 25.0 Å². The number of hydrogen-bond donors (Lipinski definition) is 3. The number of anilines is 1. The summed E-state index contributed by atoms with van der Waals surface area (Å²) < 4.78 is 0. The molecule has 0 fully saturated rings. The normalized spacial score (nSPS) is 12.2. The maximum atomic E-state index is 10.8. The molecule has 0 aliphatic rings. The second-order valence-electron chi connectivity index (χ2n) is 4.24. The monoisotopic (exact) mass is 253 g/mol. The van der Waals surface area contributed by atoms with Gasteiger partial charge in [0.1, 0.15) is 0 Å². The minimum atomic E-state index is -0.383. The Morgan fingerprint density at radius 2 is 2.17 bits per heavy atom. The van der Waals surface area contributed by atoms with E-state index < -0.39 is 0 Å². The first kappa shape index (κ1) is 14.4. The third-order valence-electron chi connectivity index (χ3n) is 2.48. The maximum Gasteiger partial charge on any atom is 0.274 e. The smallest absolute Gasteiger partial charge is 0.274 e. The Kier molecular flexibility index (Phi) is 5.54. The number of nitro groups is 1. The topological polar surface area (TPSA) is 87.4 Å². The predicted molar refractivity (Wildman–Crippen MR) is 70.9 cm³/mol. The van der Waals surface area contributed by atoms with E-state index in [0.717, 1.165) is 5.69 Å². The summed E-state index contributed by atoms with van der Waals surface area (Å²) in [5, 5.41) is 26.0. The molecule has 0 aromatic heterocycles. The van der Waals surface area contributed by atoms with Gasteiger partial charge in [-0.2, -0.15) is 0 Å². The summed E-state index contributed by atoms with van der Waals surface area (Å²) >= 11 is 0. The maximum absolute atomic E-state index is 10.8. The fourth-order valence-electron chi connectivity index (χ4n) is 1.52. The Labute approximate surface area is 106 Å². The number of rotatable bonds is 7. The molecule has 0 amide bonds. The standard InChI is InChI=1S/C12H19N3O3/c1-9-3-4-11(7-12(9)15(17)18)14-6-5-13-8-10(2)16/h3-4,7,10,13-14,16H,5-6,8H2,1-2H3. The Hall–Kier alpha value is -1.66. The molecular formula is C12H19N3O3. The van der Waals surface area contributed by atoms with Crippen molar-refractivity contribution in [2.45, 2.75) is 20.0 Å². The van der Waals surface area contributed by atoms with Crippen molar-refractivity contribution in [2.24, 2.45) is 0 Å². The van der Waals surface area contributed by atoms with Crippen molar-refractivity contribution in [3.63, 3.8) is 0 Å². The Morgan fingerprint density at radius 3 is 2.78 bits per heavy atom. The van der Waals surface area contributed by atoms with E-state index in [0.29, 0.717) is 25.2 Å². The highest BCUT2D eigenvalue weighted by Gasteiger charge is 2.10. The van der Waals surface area contributed by atoms with Crippen molar-refractivity contribution in [1.29, 1.82) is 0 Å². The molecule has 1 aromatic carbocycles. The van der Waals surface area contributed by atoms with Crippen molar-refractivity contribution in [1.82, 2.24) is 5.32 Å². The van der Waals surface area contributed by atoms with E-state index in [9.17, 15) is 10.1 Å². The lowest BCUT2D eigenvalue weighted by molar-refractivity contribution is -0.385. The van der Waals surface area contributed by atoms with Gasteiger partial charge in [-0.3, -0.25) is 10.1 Å². The van der Waals surface area contributed by atoms with E-state index in [4.69, 9.17) is 5.11 Å². The Morgan fingerprint density at radius 1 is 1.44 bits per heavy atom. The molecule has 0 saturated heterocycles. The van der Waals surface area contributed by atoms with Gasteiger partial charge >= 0.3 is 0 Å². The summed E-state index contributed by atoms with van der Waals surface area (Å²) in [5.41, 5.74) is 1.50. The lowest BCUT2D eigenvalue weighted by atomic mass is 10.2. The molecule has 0 heterocycles. The lowest BCUT2D eigenvalue weighted by Crippen LogP contribution is -2.28. The molecule has 1 rings (SSSR count). The second-order valence-corrected chi connectivity index (χ2v) is 4.24. The van der Waals surface area contributed by atoms with E-state index in [2.05, 4.69) is 10.6 Å². The number of nitrogens with one attached hydrogen (secondary N) is 2. The van der Waals surface area contributed by atoms with Crippen molar-refractivity contribution >= 4 is 11.4 Å². The minimum absolute atomic E-state index is 0.122. The number of aliphatic hydroxyl groups excluding tert-OH is 1. The van der Waals surface area contributed by atoms with E-state index in [-0.39, 0.29) is 16.7 Å². The van der Waals surface area contributed by atoms with Gasteiger partial charge in [-0.1, -0.05) is 6.07 Å². The zero-order valence-corrected chi connectivity index (χ0v) is 10.6. The summed E-state index contributed by atoms with van der Waals surface area (Å²) in [6.45, 7) is 5.30. The van der Waals surface area contributed by atoms with E-state index in [1.165, 1.54) is 6.07 Å². The van der Waals surface area contributed by atoms with Gasteiger partial charge in [0.05, 0.1) is 11.0 Å². The van der Waals surface area contributed by atoms with Crippen LogP contribution in [0.2, 0.25) is 0 Å². The molecule has 0 saturated carbocycles. The average molecular weight is 253 g/mol. The van der Waals surface area contributed by atoms with Crippen LogP contribution in [0.15, 0.2) is 18.2 Å². The van der Waals surface area contributed by atoms with Gasteiger partial charge in [-0.05, 0) is 19.9 Å². The van der Waals surface area contributed by atoms with Gasteiger partial charge in [0.15, 0.2) is 0 Å². The SMILES string of the molecule is Cc1ccc(NCCNCC(C)O)cc1[N+](=O)[O-]. The molecule has 100 valence electrons. The molecule has 6 nitrogen and oxygen atoms in total. The van der Waals surface area contributed by atoms with Crippen LogP contribution in [0.3, 0.4) is 0 Å². The predicted octanol–water partition coefficient (Wildman–Crippen LogP) is 1.29. The molecule has 6 heteroatoms. The Bertz CT molecular complexity index is 408. The molecule has 1 atom stereocenters. The summed E-state index contributed by atoms with van der Waals surface area (Å²) in [4.78, 5) is 10.4. The van der Waals surface area contributed by atoms with Gasteiger partial charge in [-0.15, -0.1) is 0 Å². The first-order chi connectivity index (χ1) is 8.50. The van der Waals surface area contributed by atoms with Crippen LogP contribution in [0, 0.1) is 17.0 Å². The fraction of sp³-hybridized carbons (Fsp3) is 0.500. The summed E-state index contributed by atoms with van der Waals surface area (Å²) in [6.07, 6.45) is -0.370. The number of hydrogen-bond acceptors (Lipinski definition) is 5.